The Labute approximate surface area is 139 Å². The second-order valence-corrected chi connectivity index (χ2v) is 7.64. The van der Waals surface area contributed by atoms with Gasteiger partial charge in [-0.2, -0.15) is 0 Å². The highest BCUT2D eigenvalue weighted by Gasteiger charge is 2.17. The third-order valence-electron chi connectivity index (χ3n) is 2.79. The number of rotatable bonds is 5. The monoisotopic (exact) mass is 348 g/mol. The van der Waals surface area contributed by atoms with Gasteiger partial charge in [-0.25, -0.2) is 4.98 Å². The number of hydrogen-bond acceptors (Lipinski definition) is 7. The van der Waals surface area contributed by atoms with Crippen LogP contribution in [0.5, 0.6) is 0 Å². The van der Waals surface area contributed by atoms with E-state index < -0.39 is 0 Å². The highest BCUT2D eigenvalue weighted by Crippen LogP contribution is 2.27. The molecule has 0 fully saturated rings. The number of benzene rings is 1. The molecule has 8 heteroatoms. The number of hydrogen-bond donors (Lipinski definition) is 1. The van der Waals surface area contributed by atoms with Crippen LogP contribution in [0.15, 0.2) is 45.6 Å². The van der Waals surface area contributed by atoms with E-state index in [1.54, 1.807) is 5.51 Å². The summed E-state index contributed by atoms with van der Waals surface area (Å²) in [5, 5.41) is 12.8. The first kappa shape index (κ1) is 15.1. The molecular weight excluding hydrogens is 336 g/mol. The summed E-state index contributed by atoms with van der Waals surface area (Å²) < 4.78 is 0.784. The van der Waals surface area contributed by atoms with Gasteiger partial charge in [-0.05, 0) is 6.92 Å². The predicted octanol–water partition coefficient (Wildman–Crippen LogP) is 3.78. The molecule has 1 amide bonds. The summed E-state index contributed by atoms with van der Waals surface area (Å²) in [4.78, 5) is 16.6. The van der Waals surface area contributed by atoms with E-state index in [-0.39, 0.29) is 11.2 Å². The van der Waals surface area contributed by atoms with Gasteiger partial charge in [0.2, 0.25) is 5.91 Å². The van der Waals surface area contributed by atoms with Gasteiger partial charge in [0.15, 0.2) is 9.47 Å². The summed E-state index contributed by atoms with van der Waals surface area (Å²) in [5.41, 5.74) is 3.56. The van der Waals surface area contributed by atoms with Crippen LogP contribution in [0.25, 0.3) is 11.3 Å². The molecule has 0 saturated carbocycles. The molecule has 22 heavy (non-hydrogen) atoms. The largest absolute Gasteiger partial charge is 0.301 e. The Balaban J connectivity index is 1.63. The van der Waals surface area contributed by atoms with Gasteiger partial charge in [-0.15, -0.1) is 21.5 Å². The number of thiazole rings is 1. The minimum atomic E-state index is -0.253. The molecule has 1 aromatic carbocycles. The smallest absolute Gasteiger partial charge is 0.239 e. The van der Waals surface area contributed by atoms with Gasteiger partial charge in [0.1, 0.15) is 5.51 Å². The summed E-state index contributed by atoms with van der Waals surface area (Å²) in [7, 11) is 0. The van der Waals surface area contributed by atoms with Crippen molar-refractivity contribution in [3.63, 3.8) is 0 Å². The first-order chi connectivity index (χ1) is 10.7. The topological polar surface area (TPSA) is 67.8 Å². The maximum Gasteiger partial charge on any atom is 0.239 e. The Bertz CT molecular complexity index is 743. The average molecular weight is 348 g/mol. The number of carbonyl (C=O) groups excluding carboxylic acids is 1. The van der Waals surface area contributed by atoms with Crippen molar-refractivity contribution >= 4 is 45.5 Å². The summed E-state index contributed by atoms with van der Waals surface area (Å²) in [6.45, 7) is 1.84. The molecule has 5 nitrogen and oxygen atoms in total. The van der Waals surface area contributed by atoms with Gasteiger partial charge in [0, 0.05) is 10.9 Å². The highest BCUT2D eigenvalue weighted by molar-refractivity contribution is 8.02. The zero-order chi connectivity index (χ0) is 15.4. The van der Waals surface area contributed by atoms with E-state index >= 15 is 0 Å². The van der Waals surface area contributed by atoms with Gasteiger partial charge >= 0.3 is 0 Å². The lowest BCUT2D eigenvalue weighted by Crippen LogP contribution is -2.22. The minimum Gasteiger partial charge on any atom is -0.301 e. The molecule has 3 aromatic rings. The van der Waals surface area contributed by atoms with E-state index in [9.17, 15) is 4.79 Å². The van der Waals surface area contributed by atoms with Crippen LogP contribution in [0.4, 0.5) is 5.13 Å². The molecule has 2 heterocycles. The second-order valence-electron chi connectivity index (χ2n) is 4.36. The molecule has 0 saturated heterocycles. The van der Waals surface area contributed by atoms with Crippen LogP contribution >= 0.6 is 34.4 Å². The zero-order valence-corrected chi connectivity index (χ0v) is 14.0. The molecule has 0 unspecified atom stereocenters. The quantitative estimate of drug-likeness (QED) is 0.711. The predicted molar refractivity (Wildman–Crippen MR) is 91.4 cm³/mol. The highest BCUT2D eigenvalue weighted by atomic mass is 32.2. The lowest BCUT2D eigenvalue weighted by atomic mass is 10.2. The molecule has 0 spiro atoms. The van der Waals surface area contributed by atoms with Gasteiger partial charge in [-0.3, -0.25) is 4.79 Å². The molecule has 112 valence electrons. The number of nitrogens with one attached hydrogen (secondary N) is 1. The average Bonchev–Trinajstić information content (AvgIpc) is 3.20. The van der Waals surface area contributed by atoms with Crippen LogP contribution < -0.4 is 5.32 Å². The first-order valence-corrected chi connectivity index (χ1v) is 9.11. The van der Waals surface area contributed by atoms with E-state index in [1.807, 2.05) is 42.6 Å². The number of aromatic nitrogens is 3. The summed E-state index contributed by atoms with van der Waals surface area (Å²) in [6, 6.07) is 9.88. The Kier molecular flexibility index (Phi) is 4.81. The van der Waals surface area contributed by atoms with Crippen molar-refractivity contribution in [3.8, 4) is 11.3 Å². The SMILES string of the molecule is C[C@H](Sc1nncs1)C(=O)Nc1nc(-c2ccccc2)cs1. The van der Waals surface area contributed by atoms with Gasteiger partial charge in [0.25, 0.3) is 0 Å². The van der Waals surface area contributed by atoms with Crippen LogP contribution in [0.2, 0.25) is 0 Å². The van der Waals surface area contributed by atoms with Crippen molar-refractivity contribution in [2.24, 2.45) is 0 Å². The van der Waals surface area contributed by atoms with E-state index in [2.05, 4.69) is 20.5 Å². The summed E-state index contributed by atoms with van der Waals surface area (Å²) >= 11 is 4.23. The third-order valence-corrected chi connectivity index (χ3v) is 5.46. The van der Waals surface area contributed by atoms with E-state index in [0.717, 1.165) is 15.6 Å². The van der Waals surface area contributed by atoms with E-state index in [4.69, 9.17) is 0 Å². The molecule has 2 aromatic heterocycles. The first-order valence-electron chi connectivity index (χ1n) is 6.47. The van der Waals surface area contributed by atoms with Crippen molar-refractivity contribution in [3.05, 3.63) is 41.2 Å². The fraction of sp³-hybridized carbons (Fsp3) is 0.143. The van der Waals surface area contributed by atoms with Gasteiger partial charge in [-0.1, -0.05) is 53.4 Å². The van der Waals surface area contributed by atoms with E-state index in [1.165, 1.54) is 34.4 Å². The van der Waals surface area contributed by atoms with Crippen LogP contribution in [-0.4, -0.2) is 26.3 Å². The van der Waals surface area contributed by atoms with Crippen molar-refractivity contribution < 1.29 is 4.79 Å². The molecule has 1 atom stereocenters. The number of thioether (sulfide) groups is 1. The van der Waals surface area contributed by atoms with Gasteiger partial charge < -0.3 is 5.32 Å². The van der Waals surface area contributed by atoms with Crippen LogP contribution in [0.3, 0.4) is 0 Å². The molecule has 0 bridgehead atoms. The normalized spacial score (nSPS) is 12.0. The Morgan fingerprint density at radius 2 is 2.09 bits per heavy atom. The number of anilines is 1. The number of nitrogens with zero attached hydrogens (tertiary/aromatic N) is 3. The Morgan fingerprint density at radius 1 is 1.27 bits per heavy atom. The number of amides is 1. The van der Waals surface area contributed by atoms with Crippen molar-refractivity contribution in [1.82, 2.24) is 15.2 Å². The van der Waals surface area contributed by atoms with Crippen molar-refractivity contribution in [2.45, 2.75) is 16.5 Å². The number of carbonyl (C=O) groups is 1. The fourth-order valence-corrected chi connectivity index (χ4v) is 4.05. The third kappa shape index (κ3) is 3.70. The maximum absolute atomic E-state index is 12.2. The van der Waals surface area contributed by atoms with Crippen molar-refractivity contribution in [1.29, 1.82) is 0 Å². The molecule has 0 aliphatic carbocycles. The van der Waals surface area contributed by atoms with Gasteiger partial charge in [0.05, 0.1) is 10.9 Å². The standard InChI is InChI=1S/C14H12N4OS3/c1-9(22-14-18-15-8-21-14)12(19)17-13-16-11(7-20-13)10-5-3-2-4-6-10/h2-9H,1H3,(H,16,17,19)/t9-/m0/s1. The maximum atomic E-state index is 12.2. The lowest BCUT2D eigenvalue weighted by Gasteiger charge is -2.07. The fourth-order valence-electron chi connectivity index (χ4n) is 1.70. The molecule has 0 radical (unpaired) electrons. The molecule has 1 N–H and O–H groups in total. The summed E-state index contributed by atoms with van der Waals surface area (Å²) in [5.74, 6) is -0.0887. The van der Waals surface area contributed by atoms with Crippen LogP contribution in [0.1, 0.15) is 6.92 Å². The Morgan fingerprint density at radius 3 is 2.82 bits per heavy atom. The van der Waals surface area contributed by atoms with Crippen LogP contribution in [-0.2, 0) is 4.79 Å². The second kappa shape index (κ2) is 6.99. The van der Waals surface area contributed by atoms with E-state index in [0.29, 0.717) is 5.13 Å². The molecule has 3 rings (SSSR count). The minimum absolute atomic E-state index is 0.0887. The molecule has 0 aliphatic rings. The Hall–Kier alpha value is -1.77. The lowest BCUT2D eigenvalue weighted by molar-refractivity contribution is -0.115. The molecular formula is C14H12N4OS3. The zero-order valence-electron chi connectivity index (χ0n) is 11.6. The van der Waals surface area contributed by atoms with Crippen LogP contribution in [0, 0.1) is 0 Å². The summed E-state index contributed by atoms with van der Waals surface area (Å²) in [6.07, 6.45) is 0. The molecule has 0 aliphatic heterocycles. The van der Waals surface area contributed by atoms with Crippen molar-refractivity contribution in [2.75, 3.05) is 5.32 Å².